The Bertz CT molecular complexity index is 1270. The van der Waals surface area contributed by atoms with Crippen molar-refractivity contribution in [3.05, 3.63) is 53.9 Å². The fourth-order valence-corrected chi connectivity index (χ4v) is 3.15. The van der Waals surface area contributed by atoms with Crippen molar-refractivity contribution in [2.45, 2.75) is 20.4 Å². The molecule has 0 radical (unpaired) electrons. The van der Waals surface area contributed by atoms with Gasteiger partial charge >= 0.3 is 0 Å². The van der Waals surface area contributed by atoms with Gasteiger partial charge in [-0.25, -0.2) is 0 Å². The monoisotopic (exact) mass is 360 g/mol. The number of anilines is 2. The summed E-state index contributed by atoms with van der Waals surface area (Å²) in [5, 5.41) is 20.1. The average molecular weight is 360 g/mol. The van der Waals surface area contributed by atoms with Crippen LogP contribution in [-0.2, 0) is 6.54 Å². The quantitative estimate of drug-likeness (QED) is 0.506. The van der Waals surface area contributed by atoms with E-state index in [-0.39, 0.29) is 0 Å². The Morgan fingerprint density at radius 1 is 1.22 bits per heavy atom. The van der Waals surface area contributed by atoms with E-state index in [1.807, 2.05) is 35.9 Å². The molecule has 0 bridgehead atoms. The molecule has 27 heavy (non-hydrogen) atoms. The lowest BCUT2D eigenvalue weighted by Crippen LogP contribution is -2.02. The van der Waals surface area contributed by atoms with Crippen molar-refractivity contribution in [1.29, 1.82) is 0 Å². The Labute approximate surface area is 153 Å². The molecule has 5 aromatic rings. The van der Waals surface area contributed by atoms with Crippen molar-refractivity contribution in [2.75, 3.05) is 5.32 Å². The highest BCUT2D eigenvalue weighted by Crippen LogP contribution is 2.26. The molecule has 2 N–H and O–H groups in total. The molecule has 0 aliphatic heterocycles. The normalized spacial score (nSPS) is 11.5. The van der Waals surface area contributed by atoms with Gasteiger partial charge in [-0.05, 0) is 44.2 Å². The largest absolute Gasteiger partial charge is 0.337 e. The summed E-state index contributed by atoms with van der Waals surface area (Å²) < 4.78 is 7.08. The average Bonchev–Trinajstić information content (AvgIpc) is 3.35. The Morgan fingerprint density at radius 3 is 3.00 bits per heavy atom. The number of hydrogen-bond donors (Lipinski definition) is 2. The Morgan fingerprint density at radius 2 is 2.15 bits per heavy atom. The third-order valence-corrected chi connectivity index (χ3v) is 4.37. The molecule has 9 heteroatoms. The van der Waals surface area contributed by atoms with Crippen molar-refractivity contribution in [1.82, 2.24) is 35.1 Å². The minimum Gasteiger partial charge on any atom is -0.337 e. The molecule has 0 spiro atoms. The fourth-order valence-electron chi connectivity index (χ4n) is 3.15. The zero-order chi connectivity index (χ0) is 18.4. The number of pyridine rings is 1. The van der Waals surface area contributed by atoms with Gasteiger partial charge in [-0.2, -0.15) is 15.2 Å². The van der Waals surface area contributed by atoms with Gasteiger partial charge in [-0.15, -0.1) is 0 Å². The highest BCUT2D eigenvalue weighted by atomic mass is 16.5. The number of aromatic nitrogens is 7. The van der Waals surface area contributed by atoms with E-state index in [1.54, 1.807) is 13.1 Å². The van der Waals surface area contributed by atoms with Crippen LogP contribution in [0.25, 0.3) is 21.9 Å². The molecule has 0 atom stereocenters. The van der Waals surface area contributed by atoms with Crippen LogP contribution in [0.15, 0.2) is 41.1 Å². The lowest BCUT2D eigenvalue weighted by Gasteiger charge is -2.04. The molecule has 9 nitrogen and oxygen atoms in total. The van der Waals surface area contributed by atoms with Gasteiger partial charge in [0.15, 0.2) is 11.6 Å². The van der Waals surface area contributed by atoms with Gasteiger partial charge < -0.3 is 9.84 Å². The molecule has 0 amide bonds. The molecule has 0 aliphatic carbocycles. The van der Waals surface area contributed by atoms with E-state index in [0.717, 1.165) is 33.3 Å². The minimum absolute atomic E-state index is 0.436. The van der Waals surface area contributed by atoms with E-state index in [9.17, 15) is 0 Å². The van der Waals surface area contributed by atoms with Crippen LogP contribution in [0.3, 0.4) is 0 Å². The highest BCUT2D eigenvalue weighted by Gasteiger charge is 2.13. The number of H-pyrrole nitrogens is 1. The number of benzene rings is 1. The number of fused-ring (bicyclic) bond motifs is 2. The molecule has 0 unspecified atom stereocenters. The first-order valence-electron chi connectivity index (χ1n) is 8.50. The molecule has 0 aliphatic rings. The number of aromatic amines is 1. The third-order valence-electron chi connectivity index (χ3n) is 4.37. The molecule has 4 heterocycles. The second-order valence-electron chi connectivity index (χ2n) is 6.31. The van der Waals surface area contributed by atoms with Crippen LogP contribution in [0, 0.1) is 13.8 Å². The number of hydrogen-bond acceptors (Lipinski definition) is 7. The summed E-state index contributed by atoms with van der Waals surface area (Å²) in [7, 11) is 0. The number of aryl methyl sites for hydroxylation is 2. The minimum atomic E-state index is 0.436. The van der Waals surface area contributed by atoms with Gasteiger partial charge in [0.25, 0.3) is 0 Å². The number of rotatable bonds is 4. The number of nitrogens with zero attached hydrogens (tertiary/aromatic N) is 6. The molecule has 0 saturated heterocycles. The van der Waals surface area contributed by atoms with E-state index in [0.29, 0.717) is 24.1 Å². The number of nitrogens with one attached hydrogen (secondary N) is 2. The second kappa shape index (κ2) is 5.90. The Kier molecular flexibility index (Phi) is 3.39. The van der Waals surface area contributed by atoms with Gasteiger partial charge in [0, 0.05) is 17.3 Å². The predicted octanol–water partition coefficient (Wildman–Crippen LogP) is 3.10. The smallest absolute Gasteiger partial charge is 0.248 e. The second-order valence-corrected chi connectivity index (χ2v) is 6.31. The Balaban J connectivity index is 1.49. The van der Waals surface area contributed by atoms with Crippen LogP contribution < -0.4 is 5.32 Å². The van der Waals surface area contributed by atoms with Gasteiger partial charge in [0.2, 0.25) is 5.89 Å². The van der Waals surface area contributed by atoms with Crippen LogP contribution in [0.5, 0.6) is 0 Å². The first-order valence-corrected chi connectivity index (χ1v) is 8.50. The van der Waals surface area contributed by atoms with E-state index in [2.05, 4.69) is 41.8 Å². The van der Waals surface area contributed by atoms with Crippen LogP contribution >= 0.6 is 0 Å². The lowest BCUT2D eigenvalue weighted by atomic mass is 10.2. The summed E-state index contributed by atoms with van der Waals surface area (Å²) in [6.45, 7) is 4.21. The fraction of sp³-hybridized carbons (Fsp3) is 0.167. The van der Waals surface area contributed by atoms with Crippen molar-refractivity contribution in [2.24, 2.45) is 0 Å². The predicted molar refractivity (Wildman–Crippen MR) is 99.8 cm³/mol. The molecular weight excluding hydrogens is 344 g/mol. The van der Waals surface area contributed by atoms with E-state index in [4.69, 9.17) is 4.52 Å². The van der Waals surface area contributed by atoms with Gasteiger partial charge in [-0.1, -0.05) is 5.16 Å². The van der Waals surface area contributed by atoms with Crippen molar-refractivity contribution < 1.29 is 4.52 Å². The van der Waals surface area contributed by atoms with Crippen LogP contribution in [0.1, 0.15) is 17.4 Å². The summed E-state index contributed by atoms with van der Waals surface area (Å²) in [6.07, 6.45) is 1.75. The molecule has 5 rings (SSSR count). The summed E-state index contributed by atoms with van der Waals surface area (Å²) in [5.41, 5.74) is 4.53. The topological polar surface area (TPSA) is 110 Å². The van der Waals surface area contributed by atoms with Crippen LogP contribution in [0.4, 0.5) is 11.5 Å². The summed E-state index contributed by atoms with van der Waals surface area (Å²) >= 11 is 0. The maximum atomic E-state index is 5.21. The summed E-state index contributed by atoms with van der Waals surface area (Å²) in [5.74, 6) is 1.84. The maximum Gasteiger partial charge on any atom is 0.248 e. The van der Waals surface area contributed by atoms with E-state index < -0.39 is 0 Å². The van der Waals surface area contributed by atoms with Gasteiger partial charge in [-0.3, -0.25) is 14.8 Å². The van der Waals surface area contributed by atoms with Gasteiger partial charge in [0.05, 0.1) is 16.7 Å². The molecule has 0 saturated carbocycles. The Hall–Kier alpha value is -3.75. The van der Waals surface area contributed by atoms with Crippen LogP contribution in [0.2, 0.25) is 0 Å². The first-order chi connectivity index (χ1) is 13.2. The SMILES string of the molecule is Cc1noc(Cn2nc(C)c3cc(Nc4n[nH]c5cccnc45)ccc32)n1. The standard InChI is InChI=1S/C18H16N8O/c1-10-13-8-12(21-18-17-14(22-23-18)4-3-7-19-17)5-6-15(13)26(24-10)9-16-20-11(2)25-27-16/h3-8H,9H2,1-2H3,(H2,21,22,23). The highest BCUT2D eigenvalue weighted by molar-refractivity contribution is 5.90. The van der Waals surface area contributed by atoms with E-state index in [1.165, 1.54) is 0 Å². The van der Waals surface area contributed by atoms with Crippen LogP contribution in [-0.4, -0.2) is 35.1 Å². The van der Waals surface area contributed by atoms with E-state index >= 15 is 0 Å². The molecular formula is C18H16N8O. The maximum absolute atomic E-state index is 5.21. The third kappa shape index (κ3) is 2.69. The van der Waals surface area contributed by atoms with Gasteiger partial charge in [0.1, 0.15) is 12.1 Å². The summed E-state index contributed by atoms with van der Waals surface area (Å²) in [4.78, 5) is 8.62. The molecule has 4 aromatic heterocycles. The van der Waals surface area contributed by atoms with Crippen molar-refractivity contribution in [3.8, 4) is 0 Å². The first kappa shape index (κ1) is 15.5. The van der Waals surface area contributed by atoms with Crippen molar-refractivity contribution in [3.63, 3.8) is 0 Å². The molecule has 0 fully saturated rings. The zero-order valence-corrected chi connectivity index (χ0v) is 14.8. The van der Waals surface area contributed by atoms with Crippen molar-refractivity contribution >= 4 is 33.4 Å². The molecule has 1 aromatic carbocycles. The lowest BCUT2D eigenvalue weighted by molar-refractivity contribution is 0.364. The summed E-state index contributed by atoms with van der Waals surface area (Å²) in [6, 6.07) is 9.87. The zero-order valence-electron chi connectivity index (χ0n) is 14.8. The molecule has 134 valence electrons.